The molecule has 1 fully saturated rings. The number of morpholine rings is 1. The van der Waals surface area contributed by atoms with Crippen LogP contribution in [0.4, 0.5) is 5.69 Å². The normalized spacial score (nSPS) is 17.2. The number of ether oxygens (including phenoxy) is 1. The van der Waals surface area contributed by atoms with Gasteiger partial charge in [-0.15, -0.1) is 0 Å². The smallest absolute Gasteiger partial charge is 0.258 e. The first kappa shape index (κ1) is 17.2. The highest BCUT2D eigenvalue weighted by molar-refractivity contribution is 6.07. The molecule has 5 heteroatoms. The Morgan fingerprint density at radius 1 is 1.08 bits per heavy atom. The maximum Gasteiger partial charge on any atom is 0.258 e. The molecule has 0 N–H and O–H groups in total. The van der Waals surface area contributed by atoms with Crippen molar-refractivity contribution in [2.75, 3.05) is 31.6 Å². The molecule has 0 bridgehead atoms. The van der Waals surface area contributed by atoms with Gasteiger partial charge in [0.1, 0.15) is 0 Å². The molecule has 1 aliphatic rings. The molecule has 1 atom stereocenters. The molecule has 1 heterocycles. The fourth-order valence-electron chi connectivity index (χ4n) is 2.93. The average molecular weight is 338 g/mol. The molecule has 1 saturated heterocycles. The summed E-state index contributed by atoms with van der Waals surface area (Å²) in [6, 6.07) is 16.3. The zero-order valence-electron chi connectivity index (χ0n) is 14.5. The van der Waals surface area contributed by atoms with Gasteiger partial charge in [0.25, 0.3) is 11.8 Å². The Morgan fingerprint density at radius 3 is 2.52 bits per heavy atom. The number of amides is 2. The first-order valence-electron chi connectivity index (χ1n) is 8.40. The van der Waals surface area contributed by atoms with Crippen molar-refractivity contribution in [2.24, 2.45) is 0 Å². The Labute approximate surface area is 147 Å². The summed E-state index contributed by atoms with van der Waals surface area (Å²) >= 11 is 0. The van der Waals surface area contributed by atoms with Crippen LogP contribution in [0.25, 0.3) is 0 Å². The summed E-state index contributed by atoms with van der Waals surface area (Å²) in [7, 11) is 1.73. The van der Waals surface area contributed by atoms with E-state index in [1.807, 2.05) is 37.3 Å². The summed E-state index contributed by atoms with van der Waals surface area (Å²) in [5, 5.41) is 0. The summed E-state index contributed by atoms with van der Waals surface area (Å²) in [5.41, 5.74) is 1.84. The zero-order valence-corrected chi connectivity index (χ0v) is 14.5. The Bertz CT molecular complexity index is 761. The third-order valence-corrected chi connectivity index (χ3v) is 4.33. The van der Waals surface area contributed by atoms with Gasteiger partial charge in [-0.3, -0.25) is 9.59 Å². The van der Waals surface area contributed by atoms with E-state index in [0.29, 0.717) is 30.8 Å². The van der Waals surface area contributed by atoms with Gasteiger partial charge < -0.3 is 14.5 Å². The van der Waals surface area contributed by atoms with Crippen molar-refractivity contribution in [1.82, 2.24) is 4.90 Å². The van der Waals surface area contributed by atoms with Crippen LogP contribution >= 0.6 is 0 Å². The first-order chi connectivity index (χ1) is 12.1. The van der Waals surface area contributed by atoms with Crippen molar-refractivity contribution in [1.29, 1.82) is 0 Å². The molecule has 0 aliphatic carbocycles. The van der Waals surface area contributed by atoms with E-state index in [1.165, 1.54) is 0 Å². The summed E-state index contributed by atoms with van der Waals surface area (Å²) < 4.78 is 5.48. The molecule has 2 amide bonds. The predicted octanol–water partition coefficient (Wildman–Crippen LogP) is 2.82. The van der Waals surface area contributed by atoms with Crippen LogP contribution in [-0.4, -0.2) is 49.6 Å². The summed E-state index contributed by atoms with van der Waals surface area (Å²) in [4.78, 5) is 28.8. The lowest BCUT2D eigenvalue weighted by Gasteiger charge is -2.31. The average Bonchev–Trinajstić information content (AvgIpc) is 2.67. The number of hydrogen-bond donors (Lipinski definition) is 0. The lowest BCUT2D eigenvalue weighted by molar-refractivity contribution is -0.0124. The van der Waals surface area contributed by atoms with E-state index < -0.39 is 0 Å². The molecule has 0 spiro atoms. The molecule has 0 saturated carbocycles. The highest BCUT2D eigenvalue weighted by Crippen LogP contribution is 2.17. The molecule has 0 radical (unpaired) electrons. The monoisotopic (exact) mass is 338 g/mol. The number of para-hydroxylation sites is 1. The van der Waals surface area contributed by atoms with Crippen molar-refractivity contribution < 1.29 is 14.3 Å². The van der Waals surface area contributed by atoms with Crippen LogP contribution in [0.2, 0.25) is 0 Å². The molecule has 1 unspecified atom stereocenters. The van der Waals surface area contributed by atoms with E-state index in [0.717, 1.165) is 5.69 Å². The molecule has 0 aromatic heterocycles. The topological polar surface area (TPSA) is 49.9 Å². The Morgan fingerprint density at radius 2 is 1.80 bits per heavy atom. The summed E-state index contributed by atoms with van der Waals surface area (Å²) in [6.45, 7) is 3.64. The molecule has 25 heavy (non-hydrogen) atoms. The van der Waals surface area contributed by atoms with Gasteiger partial charge in [0.2, 0.25) is 0 Å². The van der Waals surface area contributed by atoms with E-state index in [1.54, 1.807) is 41.1 Å². The van der Waals surface area contributed by atoms with Crippen LogP contribution < -0.4 is 4.90 Å². The largest absolute Gasteiger partial charge is 0.375 e. The Hall–Kier alpha value is -2.66. The summed E-state index contributed by atoms with van der Waals surface area (Å²) in [6.07, 6.45) is 0.0340. The fraction of sp³-hybridized carbons (Fsp3) is 0.300. The second kappa shape index (κ2) is 7.49. The molecular weight excluding hydrogens is 316 g/mol. The van der Waals surface area contributed by atoms with Gasteiger partial charge in [-0.1, -0.05) is 24.3 Å². The Kier molecular flexibility index (Phi) is 5.14. The van der Waals surface area contributed by atoms with Crippen molar-refractivity contribution in [3.05, 3.63) is 65.7 Å². The second-order valence-electron chi connectivity index (χ2n) is 6.21. The highest BCUT2D eigenvalue weighted by atomic mass is 16.5. The number of benzene rings is 2. The van der Waals surface area contributed by atoms with Crippen molar-refractivity contribution in [3.63, 3.8) is 0 Å². The lowest BCUT2D eigenvalue weighted by Crippen LogP contribution is -2.44. The van der Waals surface area contributed by atoms with Crippen LogP contribution in [-0.2, 0) is 4.74 Å². The maximum absolute atomic E-state index is 12.7. The third-order valence-electron chi connectivity index (χ3n) is 4.33. The number of anilines is 1. The summed E-state index contributed by atoms with van der Waals surface area (Å²) in [5.74, 6) is -0.205. The van der Waals surface area contributed by atoms with Gasteiger partial charge in [0.15, 0.2) is 0 Å². The maximum atomic E-state index is 12.7. The zero-order chi connectivity index (χ0) is 17.8. The molecule has 2 aromatic rings. The minimum absolute atomic E-state index is 0.0340. The van der Waals surface area contributed by atoms with Crippen LogP contribution in [0.5, 0.6) is 0 Å². The first-order valence-corrected chi connectivity index (χ1v) is 8.40. The minimum Gasteiger partial charge on any atom is -0.375 e. The predicted molar refractivity (Wildman–Crippen MR) is 96.9 cm³/mol. The van der Waals surface area contributed by atoms with Crippen molar-refractivity contribution >= 4 is 17.5 Å². The van der Waals surface area contributed by atoms with E-state index in [4.69, 9.17) is 4.74 Å². The quantitative estimate of drug-likeness (QED) is 0.865. The molecular formula is C20H22N2O3. The van der Waals surface area contributed by atoms with E-state index in [2.05, 4.69) is 0 Å². The number of hydrogen-bond acceptors (Lipinski definition) is 3. The van der Waals surface area contributed by atoms with Gasteiger partial charge in [-0.2, -0.15) is 0 Å². The molecule has 1 aliphatic heterocycles. The molecule has 3 rings (SSSR count). The van der Waals surface area contributed by atoms with Crippen LogP contribution in [0.15, 0.2) is 54.6 Å². The third kappa shape index (κ3) is 3.88. The molecule has 2 aromatic carbocycles. The van der Waals surface area contributed by atoms with E-state index >= 15 is 0 Å². The lowest BCUT2D eigenvalue weighted by atomic mass is 10.1. The number of carbonyl (C=O) groups is 2. The van der Waals surface area contributed by atoms with E-state index in [9.17, 15) is 9.59 Å². The van der Waals surface area contributed by atoms with Crippen LogP contribution in [0.3, 0.4) is 0 Å². The Balaban J connectivity index is 1.79. The van der Waals surface area contributed by atoms with Gasteiger partial charge >= 0.3 is 0 Å². The number of rotatable bonds is 3. The fourth-order valence-corrected chi connectivity index (χ4v) is 2.93. The standard InChI is InChI=1S/C20H22N2O3/c1-15-14-22(11-12-25-15)20(24)17-8-6-7-16(13-17)19(23)21(2)18-9-4-3-5-10-18/h3-10,13,15H,11-12,14H2,1-2H3. The van der Waals surface area contributed by atoms with Crippen molar-refractivity contribution in [2.45, 2.75) is 13.0 Å². The van der Waals surface area contributed by atoms with Crippen molar-refractivity contribution in [3.8, 4) is 0 Å². The molecule has 5 nitrogen and oxygen atoms in total. The second-order valence-corrected chi connectivity index (χ2v) is 6.21. The number of nitrogens with zero attached hydrogens (tertiary/aromatic N) is 2. The molecule has 130 valence electrons. The van der Waals surface area contributed by atoms with E-state index in [-0.39, 0.29) is 17.9 Å². The highest BCUT2D eigenvalue weighted by Gasteiger charge is 2.23. The SMILES string of the molecule is CC1CN(C(=O)c2cccc(C(=O)N(C)c3ccccc3)c2)CCO1. The van der Waals surface area contributed by atoms with Gasteiger partial charge in [0, 0.05) is 37.0 Å². The van der Waals surface area contributed by atoms with Gasteiger partial charge in [-0.05, 0) is 37.3 Å². The van der Waals surface area contributed by atoms with Gasteiger partial charge in [0.05, 0.1) is 12.7 Å². The van der Waals surface area contributed by atoms with Crippen LogP contribution in [0, 0.1) is 0 Å². The number of carbonyl (C=O) groups excluding carboxylic acids is 2. The minimum atomic E-state index is -0.142. The van der Waals surface area contributed by atoms with Crippen LogP contribution in [0.1, 0.15) is 27.6 Å². The van der Waals surface area contributed by atoms with Gasteiger partial charge in [-0.25, -0.2) is 0 Å².